The average Bonchev–Trinajstić information content (AvgIpc) is 2.19. The van der Waals surface area contributed by atoms with E-state index in [0.29, 0.717) is 6.54 Å². The summed E-state index contributed by atoms with van der Waals surface area (Å²) >= 11 is 0. The maximum atomic E-state index is 5.64. The zero-order chi connectivity index (χ0) is 10.4. The Labute approximate surface area is 86.5 Å². The van der Waals surface area contributed by atoms with Gasteiger partial charge in [-0.1, -0.05) is 32.8 Å². The van der Waals surface area contributed by atoms with Crippen molar-refractivity contribution in [3.63, 3.8) is 0 Å². The van der Waals surface area contributed by atoms with Gasteiger partial charge in [-0.2, -0.15) is 0 Å². The summed E-state index contributed by atoms with van der Waals surface area (Å²) in [4.78, 5) is 4.41. The third-order valence-electron chi connectivity index (χ3n) is 2.37. The standard InChI is InChI=1S/C12H20N2/c1-3-5-10-7-11(6-4-2)12(8-13)14-9-10/h7,9H,3-6,8,13H2,1-2H3. The normalized spacial score (nSPS) is 10.5. The third-order valence-corrected chi connectivity index (χ3v) is 2.37. The van der Waals surface area contributed by atoms with E-state index >= 15 is 0 Å². The molecule has 2 heteroatoms. The molecule has 0 fully saturated rings. The number of hydrogen-bond acceptors (Lipinski definition) is 2. The van der Waals surface area contributed by atoms with Gasteiger partial charge in [0.15, 0.2) is 0 Å². The molecule has 0 saturated heterocycles. The predicted molar refractivity (Wildman–Crippen MR) is 60.1 cm³/mol. The molecule has 2 nitrogen and oxygen atoms in total. The minimum Gasteiger partial charge on any atom is -0.325 e. The molecule has 0 atom stereocenters. The van der Waals surface area contributed by atoms with Crippen LogP contribution in [0.2, 0.25) is 0 Å². The van der Waals surface area contributed by atoms with Crippen LogP contribution in [-0.2, 0) is 19.4 Å². The van der Waals surface area contributed by atoms with Crippen molar-refractivity contribution < 1.29 is 0 Å². The Balaban J connectivity index is 2.88. The lowest BCUT2D eigenvalue weighted by atomic mass is 10.0. The van der Waals surface area contributed by atoms with Crippen LogP contribution < -0.4 is 5.73 Å². The van der Waals surface area contributed by atoms with Gasteiger partial charge < -0.3 is 5.73 Å². The Morgan fingerprint density at radius 3 is 2.50 bits per heavy atom. The van der Waals surface area contributed by atoms with Crippen molar-refractivity contribution in [1.29, 1.82) is 0 Å². The Kier molecular flexibility index (Phi) is 4.60. The molecule has 0 bridgehead atoms. The number of pyridine rings is 1. The molecule has 78 valence electrons. The van der Waals surface area contributed by atoms with Crippen LogP contribution in [-0.4, -0.2) is 4.98 Å². The Hall–Kier alpha value is -0.890. The van der Waals surface area contributed by atoms with E-state index in [1.807, 2.05) is 6.20 Å². The summed E-state index contributed by atoms with van der Waals surface area (Å²) < 4.78 is 0. The minimum atomic E-state index is 0.557. The largest absolute Gasteiger partial charge is 0.325 e. The van der Waals surface area contributed by atoms with Crippen LogP contribution in [0.3, 0.4) is 0 Å². The molecule has 1 aromatic heterocycles. The van der Waals surface area contributed by atoms with Gasteiger partial charge in [-0.15, -0.1) is 0 Å². The van der Waals surface area contributed by atoms with Crippen LogP contribution >= 0.6 is 0 Å². The van der Waals surface area contributed by atoms with E-state index in [0.717, 1.165) is 25.0 Å². The SMILES string of the molecule is CCCc1cnc(CN)c(CCC)c1. The van der Waals surface area contributed by atoms with Gasteiger partial charge in [-0.25, -0.2) is 0 Å². The Morgan fingerprint density at radius 2 is 1.93 bits per heavy atom. The number of aryl methyl sites for hydroxylation is 2. The highest BCUT2D eigenvalue weighted by Crippen LogP contribution is 2.12. The predicted octanol–water partition coefficient (Wildman–Crippen LogP) is 2.45. The van der Waals surface area contributed by atoms with Gasteiger partial charge in [0, 0.05) is 12.7 Å². The molecule has 0 aliphatic heterocycles. The molecular weight excluding hydrogens is 172 g/mol. The summed E-state index contributed by atoms with van der Waals surface area (Å²) in [7, 11) is 0. The molecule has 0 aliphatic rings. The summed E-state index contributed by atoms with van der Waals surface area (Å²) in [5, 5.41) is 0. The van der Waals surface area contributed by atoms with E-state index in [-0.39, 0.29) is 0 Å². The van der Waals surface area contributed by atoms with Gasteiger partial charge in [0.25, 0.3) is 0 Å². The van der Waals surface area contributed by atoms with E-state index in [2.05, 4.69) is 24.9 Å². The highest BCUT2D eigenvalue weighted by atomic mass is 14.7. The van der Waals surface area contributed by atoms with Crippen molar-refractivity contribution >= 4 is 0 Å². The summed E-state index contributed by atoms with van der Waals surface area (Å²) in [6, 6.07) is 2.27. The van der Waals surface area contributed by atoms with Gasteiger partial charge in [0.2, 0.25) is 0 Å². The zero-order valence-electron chi connectivity index (χ0n) is 9.21. The second-order valence-corrected chi connectivity index (χ2v) is 3.65. The molecule has 2 N–H and O–H groups in total. The summed E-state index contributed by atoms with van der Waals surface area (Å²) in [6.45, 7) is 4.94. The van der Waals surface area contributed by atoms with Crippen molar-refractivity contribution in [1.82, 2.24) is 4.98 Å². The second kappa shape index (κ2) is 5.76. The molecule has 14 heavy (non-hydrogen) atoms. The molecular formula is C12H20N2. The molecule has 0 aromatic carbocycles. The monoisotopic (exact) mass is 192 g/mol. The van der Waals surface area contributed by atoms with Crippen LogP contribution in [0.4, 0.5) is 0 Å². The van der Waals surface area contributed by atoms with Crippen LogP contribution in [0.25, 0.3) is 0 Å². The molecule has 0 unspecified atom stereocenters. The van der Waals surface area contributed by atoms with Gasteiger partial charge in [0.05, 0.1) is 5.69 Å². The fourth-order valence-corrected chi connectivity index (χ4v) is 1.68. The number of aromatic nitrogens is 1. The van der Waals surface area contributed by atoms with Gasteiger partial charge in [0.1, 0.15) is 0 Å². The first-order valence-corrected chi connectivity index (χ1v) is 5.48. The summed E-state index contributed by atoms with van der Waals surface area (Å²) in [5.41, 5.74) is 9.38. The first-order valence-electron chi connectivity index (χ1n) is 5.48. The second-order valence-electron chi connectivity index (χ2n) is 3.65. The first kappa shape index (κ1) is 11.2. The third kappa shape index (κ3) is 2.81. The van der Waals surface area contributed by atoms with E-state index < -0.39 is 0 Å². The number of nitrogens with two attached hydrogens (primary N) is 1. The van der Waals surface area contributed by atoms with Crippen LogP contribution in [0.5, 0.6) is 0 Å². The van der Waals surface area contributed by atoms with Crippen molar-refractivity contribution in [2.45, 2.75) is 46.1 Å². The number of rotatable bonds is 5. The molecule has 1 rings (SSSR count). The van der Waals surface area contributed by atoms with Crippen LogP contribution in [0.15, 0.2) is 12.3 Å². The summed E-state index contributed by atoms with van der Waals surface area (Å²) in [6.07, 6.45) is 6.51. The molecule has 0 saturated carbocycles. The molecule has 1 aromatic rings. The Bertz CT molecular complexity index is 282. The van der Waals surface area contributed by atoms with Gasteiger partial charge >= 0.3 is 0 Å². The number of hydrogen-bond donors (Lipinski definition) is 1. The summed E-state index contributed by atoms with van der Waals surface area (Å²) in [5.74, 6) is 0. The molecule has 1 heterocycles. The fourth-order valence-electron chi connectivity index (χ4n) is 1.68. The topological polar surface area (TPSA) is 38.9 Å². The zero-order valence-corrected chi connectivity index (χ0v) is 9.21. The van der Waals surface area contributed by atoms with E-state index in [4.69, 9.17) is 5.73 Å². The van der Waals surface area contributed by atoms with Crippen molar-refractivity contribution in [2.24, 2.45) is 5.73 Å². The van der Waals surface area contributed by atoms with Crippen LogP contribution in [0.1, 0.15) is 43.5 Å². The van der Waals surface area contributed by atoms with Crippen molar-refractivity contribution in [3.8, 4) is 0 Å². The minimum absolute atomic E-state index is 0.557. The van der Waals surface area contributed by atoms with Crippen LogP contribution in [0, 0.1) is 0 Å². The first-order chi connectivity index (χ1) is 6.81. The average molecular weight is 192 g/mol. The highest BCUT2D eigenvalue weighted by molar-refractivity contribution is 5.25. The van der Waals surface area contributed by atoms with Crippen molar-refractivity contribution in [2.75, 3.05) is 0 Å². The number of nitrogens with zero attached hydrogens (tertiary/aromatic N) is 1. The molecule has 0 aliphatic carbocycles. The van der Waals surface area contributed by atoms with E-state index in [9.17, 15) is 0 Å². The fraction of sp³-hybridized carbons (Fsp3) is 0.583. The maximum absolute atomic E-state index is 5.64. The Morgan fingerprint density at radius 1 is 1.21 bits per heavy atom. The van der Waals surface area contributed by atoms with E-state index in [1.54, 1.807) is 0 Å². The smallest absolute Gasteiger partial charge is 0.0571 e. The molecule has 0 spiro atoms. The molecule has 0 amide bonds. The lowest BCUT2D eigenvalue weighted by Crippen LogP contribution is -2.05. The van der Waals surface area contributed by atoms with E-state index in [1.165, 1.54) is 17.5 Å². The van der Waals surface area contributed by atoms with Gasteiger partial charge in [-0.3, -0.25) is 4.98 Å². The lowest BCUT2D eigenvalue weighted by Gasteiger charge is -2.08. The lowest BCUT2D eigenvalue weighted by molar-refractivity contribution is 0.843. The maximum Gasteiger partial charge on any atom is 0.0571 e. The quantitative estimate of drug-likeness (QED) is 0.778. The molecule has 0 radical (unpaired) electrons. The van der Waals surface area contributed by atoms with Crippen molar-refractivity contribution in [3.05, 3.63) is 29.1 Å². The van der Waals surface area contributed by atoms with Gasteiger partial charge in [-0.05, 0) is 24.0 Å². The highest BCUT2D eigenvalue weighted by Gasteiger charge is 2.02.